The first-order valence-electron chi connectivity index (χ1n) is 8.27. The number of fused-ring (bicyclic) bond motifs is 1. The lowest BCUT2D eigenvalue weighted by atomic mass is 10.1. The van der Waals surface area contributed by atoms with Crippen LogP contribution < -0.4 is 0 Å². The van der Waals surface area contributed by atoms with E-state index >= 15 is 0 Å². The van der Waals surface area contributed by atoms with Gasteiger partial charge in [0, 0.05) is 29.3 Å². The molecule has 0 radical (unpaired) electrons. The van der Waals surface area contributed by atoms with Gasteiger partial charge in [-0.3, -0.25) is 9.55 Å². The first kappa shape index (κ1) is 15.4. The van der Waals surface area contributed by atoms with Crippen molar-refractivity contribution in [2.24, 2.45) is 0 Å². The average molecular weight is 329 g/mol. The molecule has 0 saturated carbocycles. The van der Waals surface area contributed by atoms with E-state index in [-0.39, 0.29) is 0 Å². The Morgan fingerprint density at radius 1 is 0.800 bits per heavy atom. The molecule has 3 heterocycles. The third-order valence-electron chi connectivity index (χ3n) is 4.42. The van der Waals surface area contributed by atoms with Crippen LogP contribution in [0.1, 0.15) is 22.5 Å². The van der Waals surface area contributed by atoms with E-state index in [1.807, 2.05) is 19.9 Å². The van der Waals surface area contributed by atoms with Crippen LogP contribution in [-0.2, 0) is 0 Å². The molecular weight excluding hydrogens is 310 g/mol. The number of aryl methyl sites for hydroxylation is 4. The van der Waals surface area contributed by atoms with Crippen LogP contribution in [0.2, 0.25) is 0 Å². The minimum Gasteiger partial charge on any atom is -0.275 e. The van der Waals surface area contributed by atoms with Gasteiger partial charge in [-0.05, 0) is 51.0 Å². The van der Waals surface area contributed by atoms with Gasteiger partial charge in [0.15, 0.2) is 17.1 Å². The van der Waals surface area contributed by atoms with Gasteiger partial charge in [0.05, 0.1) is 5.69 Å². The average Bonchev–Trinajstić information content (AvgIpc) is 2.94. The third kappa shape index (κ3) is 2.48. The fraction of sp³-hybridized carbons (Fsp3) is 0.200. The van der Waals surface area contributed by atoms with Crippen molar-refractivity contribution in [2.75, 3.05) is 0 Å². The zero-order valence-electron chi connectivity index (χ0n) is 14.8. The maximum Gasteiger partial charge on any atom is 0.198 e. The number of hydrogen-bond donors (Lipinski definition) is 0. The molecule has 0 bridgehead atoms. The van der Waals surface area contributed by atoms with Crippen molar-refractivity contribution >= 4 is 11.3 Å². The van der Waals surface area contributed by atoms with Gasteiger partial charge in [-0.15, -0.1) is 0 Å². The normalized spacial score (nSPS) is 11.2. The van der Waals surface area contributed by atoms with Crippen LogP contribution in [0.25, 0.3) is 28.4 Å². The van der Waals surface area contributed by atoms with Gasteiger partial charge in [0.1, 0.15) is 0 Å². The molecule has 5 nitrogen and oxygen atoms in total. The predicted molar refractivity (Wildman–Crippen MR) is 98.8 cm³/mol. The quantitative estimate of drug-likeness (QED) is 0.555. The van der Waals surface area contributed by atoms with Gasteiger partial charge in [-0.1, -0.05) is 18.2 Å². The fourth-order valence-electron chi connectivity index (χ4n) is 3.28. The van der Waals surface area contributed by atoms with Gasteiger partial charge >= 0.3 is 0 Å². The molecule has 0 aliphatic carbocycles. The Hall–Kier alpha value is -3.08. The summed E-state index contributed by atoms with van der Waals surface area (Å²) in [5, 5.41) is 0. The number of imidazole rings is 1. The van der Waals surface area contributed by atoms with E-state index in [1.165, 1.54) is 11.1 Å². The van der Waals surface area contributed by atoms with Crippen molar-refractivity contribution in [3.05, 3.63) is 65.2 Å². The Bertz CT molecular complexity index is 1070. The standard InChI is InChI=1S/C20H19N5/c1-12-6-5-7-13(2)17(12)25-19(16-9-8-14(3)23-15(16)4)24-18-20(25)22-11-10-21-18/h5-11H,1-4H3. The molecule has 25 heavy (non-hydrogen) atoms. The maximum atomic E-state index is 4.78. The zero-order chi connectivity index (χ0) is 17.6. The minimum absolute atomic E-state index is 0.639. The van der Waals surface area contributed by atoms with Crippen molar-refractivity contribution in [3.8, 4) is 17.1 Å². The highest BCUT2D eigenvalue weighted by Gasteiger charge is 2.20. The van der Waals surface area contributed by atoms with Crippen LogP contribution in [0.3, 0.4) is 0 Å². The molecule has 0 spiro atoms. The van der Waals surface area contributed by atoms with Crippen LogP contribution in [-0.4, -0.2) is 24.5 Å². The summed E-state index contributed by atoms with van der Waals surface area (Å²) >= 11 is 0. The largest absolute Gasteiger partial charge is 0.275 e. The summed E-state index contributed by atoms with van der Waals surface area (Å²) in [4.78, 5) is 18.3. The summed E-state index contributed by atoms with van der Waals surface area (Å²) in [6, 6.07) is 10.4. The third-order valence-corrected chi connectivity index (χ3v) is 4.42. The Morgan fingerprint density at radius 2 is 1.52 bits per heavy atom. The molecule has 0 aliphatic rings. The molecule has 0 atom stereocenters. The molecule has 4 aromatic rings. The van der Waals surface area contributed by atoms with E-state index in [1.54, 1.807) is 12.4 Å². The van der Waals surface area contributed by atoms with E-state index in [2.05, 4.69) is 57.6 Å². The van der Waals surface area contributed by atoms with Crippen molar-refractivity contribution < 1.29 is 0 Å². The van der Waals surface area contributed by atoms with Gasteiger partial charge < -0.3 is 0 Å². The SMILES string of the molecule is Cc1ccc(-c2nc3nccnc3n2-c2c(C)cccc2C)c(C)n1. The Labute approximate surface area is 146 Å². The molecule has 0 N–H and O–H groups in total. The summed E-state index contributed by atoms with van der Waals surface area (Å²) in [5.41, 5.74) is 7.77. The monoisotopic (exact) mass is 329 g/mol. The van der Waals surface area contributed by atoms with Crippen molar-refractivity contribution in [2.45, 2.75) is 27.7 Å². The van der Waals surface area contributed by atoms with E-state index < -0.39 is 0 Å². The summed E-state index contributed by atoms with van der Waals surface area (Å²) in [7, 11) is 0. The van der Waals surface area contributed by atoms with Crippen LogP contribution in [0.5, 0.6) is 0 Å². The van der Waals surface area contributed by atoms with Crippen molar-refractivity contribution in [3.63, 3.8) is 0 Å². The first-order chi connectivity index (χ1) is 12.1. The highest BCUT2D eigenvalue weighted by molar-refractivity contribution is 5.78. The highest BCUT2D eigenvalue weighted by atomic mass is 15.2. The molecule has 3 aromatic heterocycles. The second-order valence-corrected chi connectivity index (χ2v) is 6.30. The summed E-state index contributed by atoms with van der Waals surface area (Å²) in [6.45, 7) is 8.22. The number of pyridine rings is 1. The number of para-hydroxylation sites is 1. The van der Waals surface area contributed by atoms with Crippen LogP contribution in [0, 0.1) is 27.7 Å². The highest BCUT2D eigenvalue weighted by Crippen LogP contribution is 2.31. The van der Waals surface area contributed by atoms with Gasteiger partial charge in [-0.25, -0.2) is 15.0 Å². The molecule has 0 fully saturated rings. The van der Waals surface area contributed by atoms with E-state index in [0.29, 0.717) is 5.65 Å². The summed E-state index contributed by atoms with van der Waals surface area (Å²) in [6.07, 6.45) is 3.38. The molecule has 0 amide bonds. The van der Waals surface area contributed by atoms with Crippen LogP contribution in [0.15, 0.2) is 42.7 Å². The molecule has 1 aromatic carbocycles. The second-order valence-electron chi connectivity index (χ2n) is 6.30. The molecule has 0 unspecified atom stereocenters. The van der Waals surface area contributed by atoms with Crippen molar-refractivity contribution in [1.29, 1.82) is 0 Å². The molecule has 0 saturated heterocycles. The number of aromatic nitrogens is 5. The fourth-order valence-corrected chi connectivity index (χ4v) is 3.28. The van der Waals surface area contributed by atoms with E-state index in [4.69, 9.17) is 4.98 Å². The Kier molecular flexibility index (Phi) is 3.57. The predicted octanol–water partition coefficient (Wildman–Crippen LogP) is 4.11. The summed E-state index contributed by atoms with van der Waals surface area (Å²) < 4.78 is 2.10. The molecule has 124 valence electrons. The van der Waals surface area contributed by atoms with Gasteiger partial charge in [0.2, 0.25) is 0 Å². The number of hydrogen-bond acceptors (Lipinski definition) is 4. The van der Waals surface area contributed by atoms with Crippen molar-refractivity contribution in [1.82, 2.24) is 24.5 Å². The van der Waals surface area contributed by atoms with Crippen LogP contribution >= 0.6 is 0 Å². The molecular formula is C20H19N5. The summed E-state index contributed by atoms with van der Waals surface area (Å²) in [5.74, 6) is 0.823. The Morgan fingerprint density at radius 3 is 2.24 bits per heavy atom. The zero-order valence-corrected chi connectivity index (χ0v) is 14.8. The Balaban J connectivity index is 2.13. The first-order valence-corrected chi connectivity index (χ1v) is 8.27. The van der Waals surface area contributed by atoms with Gasteiger partial charge in [-0.2, -0.15) is 0 Å². The lowest BCUT2D eigenvalue weighted by Gasteiger charge is -2.15. The minimum atomic E-state index is 0.639. The lowest BCUT2D eigenvalue weighted by molar-refractivity contribution is 1.03. The second kappa shape index (κ2) is 5.77. The van der Waals surface area contributed by atoms with Gasteiger partial charge in [0.25, 0.3) is 0 Å². The topological polar surface area (TPSA) is 56.5 Å². The number of benzene rings is 1. The lowest BCUT2D eigenvalue weighted by Crippen LogP contribution is -2.04. The van der Waals surface area contributed by atoms with E-state index in [9.17, 15) is 0 Å². The maximum absolute atomic E-state index is 4.78. The van der Waals surface area contributed by atoms with Crippen LogP contribution in [0.4, 0.5) is 0 Å². The van der Waals surface area contributed by atoms with E-state index in [0.717, 1.165) is 34.1 Å². The molecule has 0 aliphatic heterocycles. The molecule has 5 heteroatoms. The molecule has 4 rings (SSSR count). The number of nitrogens with zero attached hydrogens (tertiary/aromatic N) is 5. The number of rotatable bonds is 2. The smallest absolute Gasteiger partial charge is 0.198 e.